The van der Waals surface area contributed by atoms with Crippen LogP contribution in [-0.2, 0) is 9.47 Å². The van der Waals surface area contributed by atoms with Crippen LogP contribution in [0.5, 0.6) is 0 Å². The quantitative estimate of drug-likeness (QED) is 0.697. The van der Waals surface area contributed by atoms with Crippen molar-refractivity contribution in [1.29, 1.82) is 0 Å². The Morgan fingerprint density at radius 3 is 2.79 bits per heavy atom. The first kappa shape index (κ1) is 10.4. The van der Waals surface area contributed by atoms with Gasteiger partial charge in [-0.3, -0.25) is 10.2 Å². The highest BCUT2D eigenvalue weighted by molar-refractivity contribution is 4.67. The molecule has 2 heterocycles. The number of hydrogen-bond donors (Lipinski definition) is 1. The molecule has 0 aromatic heterocycles. The number of hydrogen-bond acceptors (Lipinski definition) is 4. The molecule has 0 bridgehead atoms. The van der Waals surface area contributed by atoms with Crippen LogP contribution < -0.4 is 5.32 Å². The molecule has 2 saturated heterocycles. The molecule has 0 aliphatic carbocycles. The Hall–Kier alpha value is -0.160. The molecule has 2 aliphatic heterocycles. The third-order valence-corrected chi connectivity index (χ3v) is 2.82. The van der Waals surface area contributed by atoms with Crippen LogP contribution in [0.4, 0.5) is 0 Å². The minimum Gasteiger partial charge on any atom is -0.379 e. The molecular weight excluding hydrogens is 180 g/mol. The predicted molar refractivity (Wildman–Crippen MR) is 54.2 cm³/mol. The number of rotatable bonds is 3. The van der Waals surface area contributed by atoms with E-state index in [0.29, 0.717) is 0 Å². The summed E-state index contributed by atoms with van der Waals surface area (Å²) in [5.41, 5.74) is 0. The molecule has 2 aliphatic rings. The summed E-state index contributed by atoms with van der Waals surface area (Å²) in [4.78, 5) is 2.45. The van der Waals surface area contributed by atoms with Crippen molar-refractivity contribution in [2.24, 2.45) is 0 Å². The van der Waals surface area contributed by atoms with Gasteiger partial charge in [0.15, 0.2) is 0 Å². The second-order valence-corrected chi connectivity index (χ2v) is 3.91. The average molecular weight is 200 g/mol. The monoisotopic (exact) mass is 200 g/mol. The van der Waals surface area contributed by atoms with Gasteiger partial charge in [-0.2, -0.15) is 0 Å². The van der Waals surface area contributed by atoms with Gasteiger partial charge in [-0.25, -0.2) is 0 Å². The van der Waals surface area contributed by atoms with Gasteiger partial charge < -0.3 is 9.47 Å². The third-order valence-electron chi connectivity index (χ3n) is 2.82. The molecule has 4 heteroatoms. The number of morpholine rings is 1. The predicted octanol–water partition coefficient (Wildman–Crippen LogP) is 0.0447. The fourth-order valence-electron chi connectivity index (χ4n) is 1.93. The maximum Gasteiger partial charge on any atom is 0.109 e. The Bertz CT molecular complexity index is 136. The van der Waals surface area contributed by atoms with Crippen LogP contribution in [-0.4, -0.2) is 57.1 Å². The van der Waals surface area contributed by atoms with E-state index in [1.54, 1.807) is 0 Å². The topological polar surface area (TPSA) is 33.7 Å². The summed E-state index contributed by atoms with van der Waals surface area (Å²) in [6.07, 6.45) is 2.53. The van der Waals surface area contributed by atoms with Gasteiger partial charge in [-0.15, -0.1) is 0 Å². The van der Waals surface area contributed by atoms with Crippen molar-refractivity contribution in [3.63, 3.8) is 0 Å². The van der Waals surface area contributed by atoms with Gasteiger partial charge in [-0.05, 0) is 19.4 Å². The zero-order valence-electron chi connectivity index (χ0n) is 8.71. The highest BCUT2D eigenvalue weighted by atomic mass is 16.5. The van der Waals surface area contributed by atoms with Crippen LogP contribution in [0, 0.1) is 0 Å². The Kier molecular flexibility index (Phi) is 4.19. The van der Waals surface area contributed by atoms with Gasteiger partial charge in [0.1, 0.15) is 6.23 Å². The van der Waals surface area contributed by atoms with Crippen molar-refractivity contribution in [3.8, 4) is 0 Å². The van der Waals surface area contributed by atoms with Crippen molar-refractivity contribution >= 4 is 0 Å². The Morgan fingerprint density at radius 2 is 2.07 bits per heavy atom. The van der Waals surface area contributed by atoms with Gasteiger partial charge in [0.25, 0.3) is 0 Å². The molecule has 14 heavy (non-hydrogen) atoms. The number of nitrogens with zero attached hydrogens (tertiary/aromatic N) is 1. The summed E-state index contributed by atoms with van der Waals surface area (Å²) in [5, 5.41) is 3.38. The van der Waals surface area contributed by atoms with Gasteiger partial charge in [0.2, 0.25) is 0 Å². The summed E-state index contributed by atoms with van der Waals surface area (Å²) in [6.45, 7) is 7.08. The van der Waals surface area contributed by atoms with Crippen LogP contribution in [0.25, 0.3) is 0 Å². The van der Waals surface area contributed by atoms with Crippen molar-refractivity contribution < 1.29 is 9.47 Å². The van der Waals surface area contributed by atoms with E-state index < -0.39 is 0 Å². The lowest BCUT2D eigenvalue weighted by Gasteiger charge is -2.30. The third kappa shape index (κ3) is 3.20. The molecule has 0 amide bonds. The SMILES string of the molecule is C1CNC(CCN2CCOCC2)OC1. The average Bonchev–Trinajstić information content (AvgIpc) is 2.29. The molecule has 0 aromatic rings. The maximum absolute atomic E-state index is 5.60. The summed E-state index contributed by atoms with van der Waals surface area (Å²) < 4.78 is 10.9. The van der Waals surface area contributed by atoms with Crippen LogP contribution in [0.2, 0.25) is 0 Å². The van der Waals surface area contributed by atoms with Crippen molar-refractivity contribution in [2.45, 2.75) is 19.1 Å². The Morgan fingerprint density at radius 1 is 1.21 bits per heavy atom. The maximum atomic E-state index is 5.60. The first-order valence-electron chi connectivity index (χ1n) is 5.60. The Balaban J connectivity index is 1.60. The van der Waals surface area contributed by atoms with E-state index in [0.717, 1.165) is 58.8 Å². The minimum atomic E-state index is 0.284. The van der Waals surface area contributed by atoms with E-state index in [1.165, 1.54) is 0 Å². The summed E-state index contributed by atoms with van der Waals surface area (Å²) >= 11 is 0. The second kappa shape index (κ2) is 5.66. The molecule has 0 radical (unpaired) electrons. The highest BCUT2D eigenvalue weighted by Gasteiger charge is 2.15. The van der Waals surface area contributed by atoms with Crippen LogP contribution in [0.15, 0.2) is 0 Å². The van der Waals surface area contributed by atoms with E-state index >= 15 is 0 Å². The largest absolute Gasteiger partial charge is 0.379 e. The second-order valence-electron chi connectivity index (χ2n) is 3.91. The normalized spacial score (nSPS) is 30.4. The zero-order chi connectivity index (χ0) is 9.64. The molecule has 0 aromatic carbocycles. The van der Waals surface area contributed by atoms with Gasteiger partial charge in [0.05, 0.1) is 13.2 Å². The van der Waals surface area contributed by atoms with Crippen molar-refractivity contribution in [3.05, 3.63) is 0 Å². The molecule has 0 spiro atoms. The van der Waals surface area contributed by atoms with Gasteiger partial charge >= 0.3 is 0 Å². The molecule has 2 fully saturated rings. The van der Waals surface area contributed by atoms with Crippen LogP contribution in [0.1, 0.15) is 12.8 Å². The fraction of sp³-hybridized carbons (Fsp3) is 1.00. The van der Waals surface area contributed by atoms with Crippen molar-refractivity contribution in [1.82, 2.24) is 10.2 Å². The standard InChI is InChI=1S/C10H20N2O2/c1-3-11-10(14-7-1)2-4-12-5-8-13-9-6-12/h10-11H,1-9H2. The molecule has 1 unspecified atom stereocenters. The lowest BCUT2D eigenvalue weighted by molar-refractivity contribution is -0.0184. The smallest absolute Gasteiger partial charge is 0.109 e. The van der Waals surface area contributed by atoms with Crippen molar-refractivity contribution in [2.75, 3.05) is 46.0 Å². The minimum absolute atomic E-state index is 0.284. The first-order chi connectivity index (χ1) is 6.95. The molecule has 1 N–H and O–H groups in total. The van der Waals surface area contributed by atoms with Gasteiger partial charge in [0, 0.05) is 26.2 Å². The molecule has 1 atom stereocenters. The zero-order valence-corrected chi connectivity index (χ0v) is 8.71. The van der Waals surface area contributed by atoms with Crippen LogP contribution in [0.3, 0.4) is 0 Å². The van der Waals surface area contributed by atoms with E-state index in [1.807, 2.05) is 0 Å². The molecular formula is C10H20N2O2. The summed E-state index contributed by atoms with van der Waals surface area (Å²) in [6, 6.07) is 0. The molecule has 4 nitrogen and oxygen atoms in total. The fourth-order valence-corrected chi connectivity index (χ4v) is 1.93. The van der Waals surface area contributed by atoms with E-state index in [-0.39, 0.29) is 6.23 Å². The number of ether oxygens (including phenoxy) is 2. The summed E-state index contributed by atoms with van der Waals surface area (Å²) in [5.74, 6) is 0. The molecule has 82 valence electrons. The lowest BCUT2D eigenvalue weighted by atomic mass is 10.3. The van der Waals surface area contributed by atoms with Crippen LogP contribution >= 0.6 is 0 Å². The summed E-state index contributed by atoms with van der Waals surface area (Å²) in [7, 11) is 0. The molecule has 0 saturated carbocycles. The lowest BCUT2D eigenvalue weighted by Crippen LogP contribution is -2.43. The molecule has 2 rings (SSSR count). The Labute approximate surface area is 85.5 Å². The first-order valence-corrected chi connectivity index (χ1v) is 5.60. The van der Waals surface area contributed by atoms with E-state index in [9.17, 15) is 0 Å². The van der Waals surface area contributed by atoms with E-state index in [4.69, 9.17) is 9.47 Å². The van der Waals surface area contributed by atoms with E-state index in [2.05, 4.69) is 10.2 Å². The highest BCUT2D eigenvalue weighted by Crippen LogP contribution is 2.05. The van der Waals surface area contributed by atoms with Gasteiger partial charge in [-0.1, -0.05) is 0 Å². The number of nitrogens with one attached hydrogen (secondary N) is 1.